The van der Waals surface area contributed by atoms with Crippen molar-refractivity contribution in [3.8, 4) is 5.75 Å². The molecule has 0 saturated heterocycles. The van der Waals surface area contributed by atoms with Crippen LogP contribution in [-0.4, -0.2) is 36.0 Å². The number of rotatable bonds is 8. The number of ether oxygens (including phenoxy) is 1. The van der Waals surface area contributed by atoms with Gasteiger partial charge in [-0.3, -0.25) is 4.79 Å². The highest BCUT2D eigenvalue weighted by molar-refractivity contribution is 7.80. The molecule has 1 aromatic rings. The zero-order valence-electron chi connectivity index (χ0n) is 13.0. The summed E-state index contributed by atoms with van der Waals surface area (Å²) in [6, 6.07) is 7.15. The molecule has 116 valence electrons. The van der Waals surface area contributed by atoms with E-state index in [1.165, 1.54) is 0 Å². The van der Waals surface area contributed by atoms with E-state index in [0.29, 0.717) is 36.0 Å². The van der Waals surface area contributed by atoms with E-state index in [2.05, 4.69) is 13.8 Å². The van der Waals surface area contributed by atoms with E-state index in [9.17, 15) is 4.79 Å². The summed E-state index contributed by atoms with van der Waals surface area (Å²) < 4.78 is 5.11. The molecular weight excluding hydrogens is 284 g/mol. The Hall–Kier alpha value is -1.62. The third-order valence-corrected chi connectivity index (χ3v) is 3.43. The van der Waals surface area contributed by atoms with Crippen LogP contribution in [0.15, 0.2) is 24.3 Å². The van der Waals surface area contributed by atoms with Gasteiger partial charge in [-0.05, 0) is 36.6 Å². The molecule has 0 aliphatic heterocycles. The summed E-state index contributed by atoms with van der Waals surface area (Å²) in [4.78, 5) is 14.8. The molecule has 0 saturated carbocycles. The summed E-state index contributed by atoms with van der Waals surface area (Å²) >= 11 is 4.91. The van der Waals surface area contributed by atoms with Crippen molar-refractivity contribution in [2.45, 2.75) is 26.7 Å². The molecule has 1 rings (SSSR count). The van der Waals surface area contributed by atoms with Crippen molar-refractivity contribution in [3.05, 3.63) is 29.8 Å². The average Bonchev–Trinajstić information content (AvgIpc) is 2.46. The molecular formula is C16H24N2O2S. The van der Waals surface area contributed by atoms with E-state index in [1.54, 1.807) is 31.4 Å². The van der Waals surface area contributed by atoms with E-state index < -0.39 is 0 Å². The number of carbonyl (C=O) groups is 1. The summed E-state index contributed by atoms with van der Waals surface area (Å²) in [7, 11) is 1.61. The Labute approximate surface area is 132 Å². The van der Waals surface area contributed by atoms with Crippen LogP contribution in [-0.2, 0) is 0 Å². The van der Waals surface area contributed by atoms with Gasteiger partial charge in [0.15, 0.2) is 0 Å². The quantitative estimate of drug-likeness (QED) is 0.750. The summed E-state index contributed by atoms with van der Waals surface area (Å²) in [5.41, 5.74) is 6.21. The van der Waals surface area contributed by atoms with Gasteiger partial charge >= 0.3 is 0 Å². The van der Waals surface area contributed by atoms with Crippen LogP contribution in [0.5, 0.6) is 5.75 Å². The second-order valence-corrected chi connectivity index (χ2v) is 5.94. The molecule has 0 bridgehead atoms. The number of nitrogens with zero attached hydrogens (tertiary/aromatic N) is 1. The number of hydrogen-bond acceptors (Lipinski definition) is 3. The molecule has 0 aromatic heterocycles. The summed E-state index contributed by atoms with van der Waals surface area (Å²) in [5.74, 6) is 1.29. The van der Waals surface area contributed by atoms with Crippen LogP contribution >= 0.6 is 12.2 Å². The fraction of sp³-hybridized carbons (Fsp3) is 0.500. The van der Waals surface area contributed by atoms with Gasteiger partial charge in [-0.2, -0.15) is 0 Å². The number of thiocarbonyl (C=S) groups is 1. The topological polar surface area (TPSA) is 55.6 Å². The highest BCUT2D eigenvalue weighted by Crippen LogP contribution is 2.14. The van der Waals surface area contributed by atoms with Crippen molar-refractivity contribution >= 4 is 23.1 Å². The van der Waals surface area contributed by atoms with Crippen LogP contribution in [0.2, 0.25) is 0 Å². The smallest absolute Gasteiger partial charge is 0.253 e. The predicted octanol–water partition coefficient (Wildman–Crippen LogP) is 2.86. The van der Waals surface area contributed by atoms with E-state index in [-0.39, 0.29) is 5.91 Å². The summed E-state index contributed by atoms with van der Waals surface area (Å²) in [6.07, 6.45) is 1.51. The zero-order chi connectivity index (χ0) is 15.8. The van der Waals surface area contributed by atoms with Gasteiger partial charge in [0.1, 0.15) is 5.75 Å². The van der Waals surface area contributed by atoms with Gasteiger partial charge in [-0.1, -0.05) is 26.1 Å². The van der Waals surface area contributed by atoms with E-state index in [0.717, 1.165) is 12.2 Å². The van der Waals surface area contributed by atoms with Gasteiger partial charge in [-0.25, -0.2) is 0 Å². The largest absolute Gasteiger partial charge is 0.497 e. The number of carbonyl (C=O) groups excluding carboxylic acids is 1. The summed E-state index contributed by atoms with van der Waals surface area (Å²) in [5, 5.41) is 0. The number of nitrogens with two attached hydrogens (primary N) is 1. The first-order valence-corrected chi connectivity index (χ1v) is 7.56. The third-order valence-electron chi connectivity index (χ3n) is 3.23. The minimum Gasteiger partial charge on any atom is -0.497 e. The molecule has 0 aliphatic rings. The Morgan fingerprint density at radius 2 is 1.90 bits per heavy atom. The first-order chi connectivity index (χ1) is 9.93. The lowest BCUT2D eigenvalue weighted by Crippen LogP contribution is -2.35. The number of amides is 1. The van der Waals surface area contributed by atoms with Crippen LogP contribution in [0.3, 0.4) is 0 Å². The molecule has 1 amide bonds. The van der Waals surface area contributed by atoms with Crippen molar-refractivity contribution in [2.75, 3.05) is 20.2 Å². The Morgan fingerprint density at radius 3 is 2.38 bits per heavy atom. The second kappa shape index (κ2) is 8.62. The Bertz CT molecular complexity index is 472. The van der Waals surface area contributed by atoms with E-state index in [4.69, 9.17) is 22.7 Å². The molecule has 0 fully saturated rings. The first-order valence-electron chi connectivity index (χ1n) is 7.15. The lowest BCUT2D eigenvalue weighted by molar-refractivity contribution is 0.0753. The molecule has 0 spiro atoms. The Balaban J connectivity index is 2.78. The molecule has 4 nitrogen and oxygen atoms in total. The average molecular weight is 308 g/mol. The zero-order valence-corrected chi connectivity index (χ0v) is 13.8. The number of benzene rings is 1. The lowest BCUT2D eigenvalue weighted by atomic mass is 10.1. The fourth-order valence-electron chi connectivity index (χ4n) is 1.89. The fourth-order valence-corrected chi connectivity index (χ4v) is 1.98. The van der Waals surface area contributed by atoms with Crippen LogP contribution < -0.4 is 10.5 Å². The van der Waals surface area contributed by atoms with Crippen molar-refractivity contribution in [1.29, 1.82) is 0 Å². The van der Waals surface area contributed by atoms with Crippen LogP contribution in [0.25, 0.3) is 0 Å². The first kappa shape index (κ1) is 17.4. The van der Waals surface area contributed by atoms with Crippen molar-refractivity contribution in [1.82, 2.24) is 4.90 Å². The Kier molecular flexibility index (Phi) is 7.15. The van der Waals surface area contributed by atoms with E-state index in [1.807, 2.05) is 4.90 Å². The molecule has 0 radical (unpaired) electrons. The minimum absolute atomic E-state index is 0.00885. The normalized spacial score (nSPS) is 10.5. The molecule has 0 aliphatic carbocycles. The predicted molar refractivity (Wildman–Crippen MR) is 89.8 cm³/mol. The maximum absolute atomic E-state index is 12.6. The monoisotopic (exact) mass is 308 g/mol. The molecule has 0 unspecified atom stereocenters. The van der Waals surface area contributed by atoms with Gasteiger partial charge in [0, 0.05) is 25.1 Å². The maximum Gasteiger partial charge on any atom is 0.253 e. The minimum atomic E-state index is 0.00885. The van der Waals surface area contributed by atoms with Crippen LogP contribution in [0.1, 0.15) is 37.0 Å². The number of hydrogen-bond donors (Lipinski definition) is 1. The third kappa shape index (κ3) is 6.12. The van der Waals surface area contributed by atoms with Crippen LogP contribution in [0, 0.1) is 5.92 Å². The summed E-state index contributed by atoms with van der Waals surface area (Å²) in [6.45, 7) is 5.56. The van der Waals surface area contributed by atoms with Crippen molar-refractivity contribution in [3.63, 3.8) is 0 Å². The van der Waals surface area contributed by atoms with Gasteiger partial charge < -0.3 is 15.4 Å². The highest BCUT2D eigenvalue weighted by atomic mass is 32.1. The molecule has 0 atom stereocenters. The standard InChI is InChI=1S/C16H24N2O2S/c1-12(2)8-10-18(11-9-15(17)21)16(19)13-4-6-14(20-3)7-5-13/h4-7,12H,8-11H2,1-3H3,(H2,17,21). The maximum atomic E-state index is 12.6. The molecule has 0 heterocycles. The van der Waals surface area contributed by atoms with Gasteiger partial charge in [-0.15, -0.1) is 0 Å². The molecule has 1 aromatic carbocycles. The van der Waals surface area contributed by atoms with Crippen molar-refractivity contribution < 1.29 is 9.53 Å². The van der Waals surface area contributed by atoms with E-state index >= 15 is 0 Å². The van der Waals surface area contributed by atoms with Gasteiger partial charge in [0.2, 0.25) is 0 Å². The van der Waals surface area contributed by atoms with Gasteiger partial charge in [0.05, 0.1) is 12.1 Å². The molecule has 5 heteroatoms. The SMILES string of the molecule is COc1ccc(C(=O)N(CCC(N)=S)CCC(C)C)cc1. The molecule has 21 heavy (non-hydrogen) atoms. The number of methoxy groups -OCH3 is 1. The van der Waals surface area contributed by atoms with Crippen molar-refractivity contribution in [2.24, 2.45) is 11.7 Å². The van der Waals surface area contributed by atoms with Crippen LogP contribution in [0.4, 0.5) is 0 Å². The Morgan fingerprint density at radius 1 is 1.29 bits per heavy atom. The second-order valence-electron chi connectivity index (χ2n) is 5.42. The molecule has 2 N–H and O–H groups in total. The van der Waals surface area contributed by atoms with Gasteiger partial charge in [0.25, 0.3) is 5.91 Å². The lowest BCUT2D eigenvalue weighted by Gasteiger charge is -2.23. The highest BCUT2D eigenvalue weighted by Gasteiger charge is 2.16.